The summed E-state index contributed by atoms with van der Waals surface area (Å²) in [5, 5.41) is 9.40. The van der Waals surface area contributed by atoms with Crippen molar-refractivity contribution in [2.24, 2.45) is 0 Å². The highest BCUT2D eigenvalue weighted by atomic mass is 19.4. The first kappa shape index (κ1) is 19.9. The van der Waals surface area contributed by atoms with Crippen molar-refractivity contribution < 1.29 is 27.5 Å². The molecule has 1 N–H and O–H groups in total. The van der Waals surface area contributed by atoms with Crippen molar-refractivity contribution >= 4 is 11.6 Å². The van der Waals surface area contributed by atoms with Gasteiger partial charge in [0.05, 0.1) is 5.56 Å². The van der Waals surface area contributed by atoms with Gasteiger partial charge in [0, 0.05) is 37.4 Å². The van der Waals surface area contributed by atoms with Crippen molar-refractivity contribution in [3.63, 3.8) is 0 Å². The number of phenolic OH excluding ortho intramolecular Hbond substituents is 1. The van der Waals surface area contributed by atoms with E-state index in [1.807, 2.05) is 12.1 Å². The highest BCUT2D eigenvalue weighted by molar-refractivity contribution is 5.92. The fraction of sp³-hybridized carbons (Fsp3) is 0.227. The minimum atomic E-state index is -4.45. The first-order valence-electron chi connectivity index (χ1n) is 9.42. The summed E-state index contributed by atoms with van der Waals surface area (Å²) in [4.78, 5) is 16.5. The summed E-state index contributed by atoms with van der Waals surface area (Å²) in [6.45, 7) is 2.22. The topological polar surface area (TPSA) is 56.9 Å². The smallest absolute Gasteiger partial charge is 0.416 e. The summed E-state index contributed by atoms with van der Waals surface area (Å²) in [5.41, 5.74) is 0.459. The second kappa shape index (κ2) is 7.78. The Morgan fingerprint density at radius 3 is 2.30 bits per heavy atom. The predicted octanol–water partition coefficient (Wildman–Crippen LogP) is 4.63. The third kappa shape index (κ3) is 4.12. The SMILES string of the molecule is O=C(c1ccc(-c2cccc(C(F)(F)F)c2)o1)N1CCN(c2ccc(O)cc2)CC1. The van der Waals surface area contributed by atoms with E-state index in [4.69, 9.17) is 4.42 Å². The van der Waals surface area contributed by atoms with Gasteiger partial charge in [-0.3, -0.25) is 4.79 Å². The number of hydrogen-bond donors (Lipinski definition) is 1. The van der Waals surface area contributed by atoms with E-state index >= 15 is 0 Å². The van der Waals surface area contributed by atoms with E-state index in [2.05, 4.69) is 4.90 Å². The molecule has 4 rings (SSSR count). The van der Waals surface area contributed by atoms with Gasteiger partial charge in [-0.1, -0.05) is 12.1 Å². The highest BCUT2D eigenvalue weighted by Crippen LogP contribution is 2.33. The zero-order valence-electron chi connectivity index (χ0n) is 15.9. The van der Waals surface area contributed by atoms with Crippen LogP contribution in [0.15, 0.2) is 65.1 Å². The monoisotopic (exact) mass is 416 g/mol. The fourth-order valence-corrected chi connectivity index (χ4v) is 3.44. The van der Waals surface area contributed by atoms with Crippen LogP contribution in [0.5, 0.6) is 5.75 Å². The van der Waals surface area contributed by atoms with E-state index in [-0.39, 0.29) is 28.7 Å². The Bertz CT molecular complexity index is 1040. The second-order valence-corrected chi connectivity index (χ2v) is 7.04. The molecule has 1 saturated heterocycles. The molecule has 0 aliphatic carbocycles. The lowest BCUT2D eigenvalue weighted by molar-refractivity contribution is -0.137. The highest BCUT2D eigenvalue weighted by Gasteiger charge is 2.31. The van der Waals surface area contributed by atoms with Crippen LogP contribution < -0.4 is 4.90 Å². The lowest BCUT2D eigenvalue weighted by Gasteiger charge is -2.35. The number of nitrogens with zero attached hydrogens (tertiary/aromatic N) is 2. The molecule has 1 fully saturated rings. The van der Waals surface area contributed by atoms with Crippen LogP contribution in [-0.4, -0.2) is 42.1 Å². The van der Waals surface area contributed by atoms with Gasteiger partial charge >= 0.3 is 6.18 Å². The van der Waals surface area contributed by atoms with Crippen LogP contribution in [0.4, 0.5) is 18.9 Å². The van der Waals surface area contributed by atoms with Crippen molar-refractivity contribution in [1.29, 1.82) is 0 Å². The van der Waals surface area contributed by atoms with Crippen molar-refractivity contribution in [3.8, 4) is 17.1 Å². The molecule has 0 spiro atoms. The van der Waals surface area contributed by atoms with Crippen molar-refractivity contribution in [1.82, 2.24) is 4.90 Å². The molecule has 2 aromatic carbocycles. The third-order valence-electron chi connectivity index (χ3n) is 5.07. The molecule has 156 valence electrons. The zero-order chi connectivity index (χ0) is 21.3. The molecule has 5 nitrogen and oxygen atoms in total. The van der Waals surface area contributed by atoms with Gasteiger partial charge in [0.1, 0.15) is 11.5 Å². The second-order valence-electron chi connectivity index (χ2n) is 7.04. The molecule has 2 heterocycles. The van der Waals surface area contributed by atoms with Crippen LogP contribution in [0.3, 0.4) is 0 Å². The summed E-state index contributed by atoms with van der Waals surface area (Å²) in [7, 11) is 0. The molecular weight excluding hydrogens is 397 g/mol. The number of anilines is 1. The van der Waals surface area contributed by atoms with Gasteiger partial charge < -0.3 is 19.3 Å². The van der Waals surface area contributed by atoms with Crippen molar-refractivity contribution in [3.05, 3.63) is 72.0 Å². The summed E-state index contributed by atoms with van der Waals surface area (Å²) in [5.74, 6) is 0.216. The lowest BCUT2D eigenvalue weighted by atomic mass is 10.1. The van der Waals surface area contributed by atoms with Gasteiger partial charge in [-0.15, -0.1) is 0 Å². The maximum absolute atomic E-state index is 12.9. The Kier molecular flexibility index (Phi) is 5.15. The number of piperazine rings is 1. The van der Waals surface area contributed by atoms with Gasteiger partial charge in [0.15, 0.2) is 5.76 Å². The molecule has 0 unspecified atom stereocenters. The van der Waals surface area contributed by atoms with Gasteiger partial charge in [-0.2, -0.15) is 13.2 Å². The van der Waals surface area contributed by atoms with Crippen molar-refractivity contribution in [2.75, 3.05) is 31.1 Å². The molecule has 1 aliphatic rings. The summed E-state index contributed by atoms with van der Waals surface area (Å²) in [6.07, 6.45) is -4.45. The number of carbonyl (C=O) groups is 1. The van der Waals surface area contributed by atoms with E-state index in [1.165, 1.54) is 24.3 Å². The van der Waals surface area contributed by atoms with Crippen LogP contribution in [0.2, 0.25) is 0 Å². The molecule has 3 aromatic rings. The number of alkyl halides is 3. The number of phenols is 1. The van der Waals surface area contributed by atoms with E-state index in [9.17, 15) is 23.1 Å². The van der Waals surface area contributed by atoms with Crippen LogP contribution in [0, 0.1) is 0 Å². The van der Waals surface area contributed by atoms with E-state index < -0.39 is 11.7 Å². The number of benzene rings is 2. The summed E-state index contributed by atoms with van der Waals surface area (Å²) >= 11 is 0. The number of carbonyl (C=O) groups excluding carboxylic acids is 1. The largest absolute Gasteiger partial charge is 0.508 e. The van der Waals surface area contributed by atoms with Gasteiger partial charge in [-0.05, 0) is 48.5 Å². The van der Waals surface area contributed by atoms with E-state index in [0.29, 0.717) is 26.2 Å². The normalized spacial score (nSPS) is 14.8. The van der Waals surface area contributed by atoms with E-state index in [1.54, 1.807) is 17.0 Å². The number of furan rings is 1. The maximum atomic E-state index is 12.9. The molecule has 8 heteroatoms. The molecule has 1 aromatic heterocycles. The van der Waals surface area contributed by atoms with Gasteiger partial charge in [-0.25, -0.2) is 0 Å². The summed E-state index contributed by atoms with van der Waals surface area (Å²) < 4.78 is 44.4. The van der Waals surface area contributed by atoms with Crippen molar-refractivity contribution in [2.45, 2.75) is 6.18 Å². The molecule has 1 aliphatic heterocycles. The maximum Gasteiger partial charge on any atom is 0.416 e. The van der Waals surface area contributed by atoms with Gasteiger partial charge in [0.2, 0.25) is 0 Å². The third-order valence-corrected chi connectivity index (χ3v) is 5.07. The minimum absolute atomic E-state index is 0.0977. The standard InChI is InChI=1S/C22H19F3N2O3/c23-22(24,25)16-3-1-2-15(14-16)19-8-9-20(30-19)21(29)27-12-10-26(11-13-27)17-4-6-18(28)7-5-17/h1-9,14,28H,10-13H2. The first-order valence-corrected chi connectivity index (χ1v) is 9.42. The molecule has 0 radical (unpaired) electrons. The van der Waals surface area contributed by atoms with Crippen LogP contribution in [0.25, 0.3) is 11.3 Å². The Labute approximate surface area is 170 Å². The van der Waals surface area contributed by atoms with E-state index in [0.717, 1.165) is 17.8 Å². The quantitative estimate of drug-likeness (QED) is 0.676. The Morgan fingerprint density at radius 1 is 0.933 bits per heavy atom. The average Bonchev–Trinajstić information content (AvgIpc) is 3.24. The number of halogens is 3. The van der Waals surface area contributed by atoms with Crippen LogP contribution >= 0.6 is 0 Å². The van der Waals surface area contributed by atoms with Crippen LogP contribution in [0.1, 0.15) is 16.1 Å². The minimum Gasteiger partial charge on any atom is -0.508 e. The molecule has 0 bridgehead atoms. The first-order chi connectivity index (χ1) is 14.3. The molecule has 0 atom stereocenters. The zero-order valence-corrected chi connectivity index (χ0v) is 15.9. The molecule has 0 saturated carbocycles. The molecular formula is C22H19F3N2O3. The number of hydrogen-bond acceptors (Lipinski definition) is 4. The van der Waals surface area contributed by atoms with Crippen LogP contribution in [-0.2, 0) is 6.18 Å². The number of aromatic hydroxyl groups is 1. The fourth-order valence-electron chi connectivity index (χ4n) is 3.44. The molecule has 30 heavy (non-hydrogen) atoms. The Hall–Kier alpha value is -3.42. The number of rotatable bonds is 3. The lowest BCUT2D eigenvalue weighted by Crippen LogP contribution is -2.48. The van der Waals surface area contributed by atoms with Gasteiger partial charge in [0.25, 0.3) is 5.91 Å². The molecule has 1 amide bonds. The average molecular weight is 416 g/mol. The Morgan fingerprint density at radius 2 is 1.63 bits per heavy atom. The Balaban J connectivity index is 1.43. The predicted molar refractivity (Wildman–Crippen MR) is 105 cm³/mol. The summed E-state index contributed by atoms with van der Waals surface area (Å²) in [6, 6.07) is 14.7. The number of amides is 1.